The van der Waals surface area contributed by atoms with Crippen LogP contribution in [0.25, 0.3) is 0 Å². The number of nitrogens with zero attached hydrogens (tertiary/aromatic N) is 3. The number of halogens is 1. The summed E-state index contributed by atoms with van der Waals surface area (Å²) in [5, 5.41) is -0.228. The van der Waals surface area contributed by atoms with Crippen molar-refractivity contribution in [1.29, 1.82) is 0 Å². The Morgan fingerprint density at radius 2 is 0.890 bits per heavy atom. The molecule has 10 nitrogen and oxygen atoms in total. The summed E-state index contributed by atoms with van der Waals surface area (Å²) in [4.78, 5) is 50.0. The van der Waals surface area contributed by atoms with E-state index >= 15 is 0 Å². The number of methoxy groups -OCH3 is 1. The second-order valence-electron chi connectivity index (χ2n) is 21.5. The molecule has 0 saturated carbocycles. The minimum absolute atomic E-state index is 0.0127. The van der Waals surface area contributed by atoms with Crippen LogP contribution in [0.2, 0.25) is 0 Å². The van der Waals surface area contributed by atoms with Crippen molar-refractivity contribution in [3.8, 4) is 0 Å². The highest BCUT2D eigenvalue weighted by Crippen LogP contribution is 2.19. The highest BCUT2D eigenvalue weighted by Gasteiger charge is 2.16. The van der Waals surface area contributed by atoms with E-state index in [0.29, 0.717) is 32.0 Å². The summed E-state index contributed by atoms with van der Waals surface area (Å²) in [6.07, 6.45) is 51.5. The second-order valence-corrected chi connectivity index (χ2v) is 21.9. The molecule has 2 aliphatic rings. The molecule has 2 fully saturated rings. The normalized spacial score (nSPS) is 14.0. The molecule has 0 radical (unpaired) electrons. The fourth-order valence-corrected chi connectivity index (χ4v) is 9.68. The zero-order valence-corrected chi connectivity index (χ0v) is 50.0. The number of hydrogen-bond acceptors (Lipinski definition) is 10. The van der Waals surface area contributed by atoms with Crippen LogP contribution in [0.3, 0.4) is 0 Å². The standard InChI is InChI=1S/C26H50O4.C18H38O.C10H19NO.C8H15ClN2O/c1-3-5-7-9-12-16-20-25(21-17-13-10-8-6-4-2)30-26(28)22-18-14-11-15-19-23-29-24-27;1-4-6-8-10-12-14-16-18(19-3)17-15-13-11-9-7-5-2;12-10-6-2-1-3-7-11-8-4-5-9-11;1-10-4-6-11(7-5-10)3-2-8(9)12/h24-25H,3-23H2,1-2H3;18H,4-17H2,1-3H3;10H,1-9H2;2-7H2,1H3. The summed E-state index contributed by atoms with van der Waals surface area (Å²) < 4.78 is 16.2. The maximum Gasteiger partial charge on any atom is 0.306 e. The van der Waals surface area contributed by atoms with Crippen molar-refractivity contribution in [3.05, 3.63) is 0 Å². The summed E-state index contributed by atoms with van der Waals surface area (Å²) in [6.45, 7) is 19.0. The molecule has 2 rings (SSSR count). The van der Waals surface area contributed by atoms with E-state index in [4.69, 9.17) is 21.1 Å². The van der Waals surface area contributed by atoms with Gasteiger partial charge in [-0.25, -0.2) is 0 Å². The first-order valence-electron chi connectivity index (χ1n) is 31.2. The average Bonchev–Trinajstić information content (AvgIpc) is 3.92. The van der Waals surface area contributed by atoms with Crippen LogP contribution in [-0.4, -0.2) is 124 Å². The molecule has 0 aromatic carbocycles. The summed E-state index contributed by atoms with van der Waals surface area (Å²) in [5.74, 6) is -0.0127. The number of rotatable bonds is 48. The molecule has 0 aromatic heterocycles. The molecule has 0 atom stereocenters. The van der Waals surface area contributed by atoms with Gasteiger partial charge in [0.05, 0.1) is 12.7 Å². The van der Waals surface area contributed by atoms with Gasteiger partial charge in [0.1, 0.15) is 12.4 Å². The van der Waals surface area contributed by atoms with Gasteiger partial charge in [-0.3, -0.25) is 14.4 Å². The Kier molecular flexibility index (Phi) is 61.7. The number of likely N-dealkylation sites (N-methyl/N-ethyl adjacent to an activating group) is 1. The predicted molar refractivity (Wildman–Crippen MR) is 312 cm³/mol. The highest BCUT2D eigenvalue weighted by atomic mass is 35.5. The van der Waals surface area contributed by atoms with Crippen LogP contribution in [0.4, 0.5) is 0 Å². The zero-order chi connectivity index (χ0) is 53.9. The number of ether oxygens (including phenoxy) is 3. The summed E-state index contributed by atoms with van der Waals surface area (Å²) in [6, 6.07) is 0. The second kappa shape index (κ2) is 61.3. The lowest BCUT2D eigenvalue weighted by Crippen LogP contribution is -2.44. The van der Waals surface area contributed by atoms with Crippen LogP contribution in [-0.2, 0) is 33.4 Å². The zero-order valence-electron chi connectivity index (χ0n) is 49.2. The van der Waals surface area contributed by atoms with Crippen molar-refractivity contribution in [2.75, 3.05) is 73.1 Å². The van der Waals surface area contributed by atoms with Crippen molar-refractivity contribution in [2.24, 2.45) is 0 Å². The van der Waals surface area contributed by atoms with Crippen molar-refractivity contribution in [1.82, 2.24) is 14.7 Å². The van der Waals surface area contributed by atoms with Crippen LogP contribution in [0.5, 0.6) is 0 Å². The van der Waals surface area contributed by atoms with Crippen LogP contribution in [0, 0.1) is 0 Å². The molecule has 11 heteroatoms. The van der Waals surface area contributed by atoms with E-state index in [1.807, 2.05) is 7.11 Å². The summed E-state index contributed by atoms with van der Waals surface area (Å²) >= 11 is 5.25. The largest absolute Gasteiger partial charge is 0.468 e. The highest BCUT2D eigenvalue weighted by molar-refractivity contribution is 6.63. The van der Waals surface area contributed by atoms with Gasteiger partial charge in [0, 0.05) is 59.1 Å². The molecule has 2 saturated heterocycles. The molecule has 2 heterocycles. The molecule has 0 aliphatic carbocycles. The molecule has 0 spiro atoms. The van der Waals surface area contributed by atoms with Gasteiger partial charge >= 0.3 is 5.97 Å². The Balaban J connectivity index is 0. The van der Waals surface area contributed by atoms with Crippen LogP contribution in [0.15, 0.2) is 0 Å². The number of likely N-dealkylation sites (tertiary alicyclic amines) is 1. The number of carbonyl (C=O) groups excluding carboxylic acids is 4. The monoisotopic (exact) mass is 1060 g/mol. The fourth-order valence-electron chi connectivity index (χ4n) is 9.59. The van der Waals surface area contributed by atoms with Gasteiger partial charge in [-0.2, -0.15) is 0 Å². The van der Waals surface area contributed by atoms with Crippen molar-refractivity contribution < 1.29 is 33.4 Å². The third kappa shape index (κ3) is 57.9. The van der Waals surface area contributed by atoms with Gasteiger partial charge in [0.15, 0.2) is 0 Å². The van der Waals surface area contributed by atoms with Gasteiger partial charge < -0.3 is 33.7 Å². The van der Waals surface area contributed by atoms with E-state index in [1.165, 1.54) is 212 Å². The van der Waals surface area contributed by atoms with E-state index in [-0.39, 0.29) is 17.3 Å². The van der Waals surface area contributed by atoms with Crippen molar-refractivity contribution >= 4 is 35.6 Å². The SMILES string of the molecule is CCCCCCCCC(CCCCCCCC)OC.CCCCCCCCC(CCCCCCCC)OC(=O)CCCCCCCOC=O.CN1CCN(CCC(=O)Cl)CC1.O=CCCCCCN1CCCC1. The van der Waals surface area contributed by atoms with E-state index in [9.17, 15) is 19.2 Å². The number of unbranched alkanes of at least 4 members (excludes halogenated alkanes) is 27. The third-order valence-electron chi connectivity index (χ3n) is 14.6. The Labute approximate surface area is 458 Å². The molecule has 0 aromatic rings. The smallest absolute Gasteiger partial charge is 0.306 e. The lowest BCUT2D eigenvalue weighted by molar-refractivity contribution is -0.150. The lowest BCUT2D eigenvalue weighted by atomic mass is 10.0. The Hall–Kier alpha value is -1.59. The van der Waals surface area contributed by atoms with E-state index in [1.54, 1.807) is 0 Å². The molecule has 0 unspecified atom stereocenters. The minimum Gasteiger partial charge on any atom is -0.468 e. The van der Waals surface area contributed by atoms with Gasteiger partial charge in [-0.15, -0.1) is 0 Å². The maximum atomic E-state index is 12.3. The van der Waals surface area contributed by atoms with Crippen LogP contribution in [0.1, 0.15) is 291 Å². The average molecular weight is 1060 g/mol. The molecule has 0 N–H and O–H groups in total. The first kappa shape index (κ1) is 73.5. The minimum atomic E-state index is -0.228. The number of hydrogen-bond donors (Lipinski definition) is 0. The van der Waals surface area contributed by atoms with Gasteiger partial charge in [0.25, 0.3) is 6.47 Å². The molecule has 2 aliphatic heterocycles. The van der Waals surface area contributed by atoms with Gasteiger partial charge in [-0.1, -0.05) is 195 Å². The quantitative estimate of drug-likeness (QED) is 0.0253. The van der Waals surface area contributed by atoms with Crippen molar-refractivity contribution in [3.63, 3.8) is 0 Å². The number of piperazine rings is 1. The lowest BCUT2D eigenvalue weighted by Gasteiger charge is -2.31. The number of carbonyl (C=O) groups is 4. The molecular weight excluding hydrogens is 934 g/mol. The van der Waals surface area contributed by atoms with Crippen LogP contribution < -0.4 is 0 Å². The van der Waals surface area contributed by atoms with Gasteiger partial charge in [-0.05, 0) is 115 Å². The molecule has 434 valence electrons. The Morgan fingerprint density at radius 3 is 1.33 bits per heavy atom. The molecular formula is C62H122ClN3O7. The molecule has 0 bridgehead atoms. The molecule has 0 amide bonds. The topological polar surface area (TPSA) is 106 Å². The first-order chi connectivity index (χ1) is 35.7. The van der Waals surface area contributed by atoms with E-state index in [2.05, 4.69) is 54.2 Å². The van der Waals surface area contributed by atoms with Crippen molar-refractivity contribution in [2.45, 2.75) is 303 Å². The summed E-state index contributed by atoms with van der Waals surface area (Å²) in [5.41, 5.74) is 0. The predicted octanol–water partition coefficient (Wildman–Crippen LogP) is 16.6. The fraction of sp³-hybridized carbons (Fsp3) is 0.935. The maximum absolute atomic E-state index is 12.3. The first-order valence-corrected chi connectivity index (χ1v) is 31.6. The third-order valence-corrected chi connectivity index (χ3v) is 14.8. The van der Waals surface area contributed by atoms with E-state index in [0.717, 1.165) is 96.8 Å². The Bertz CT molecular complexity index is 1110. The number of esters is 1. The number of aldehydes is 1. The Morgan fingerprint density at radius 1 is 0.479 bits per heavy atom. The summed E-state index contributed by atoms with van der Waals surface area (Å²) in [7, 11) is 4.00. The van der Waals surface area contributed by atoms with Gasteiger partial charge in [0.2, 0.25) is 5.24 Å². The molecule has 73 heavy (non-hydrogen) atoms. The van der Waals surface area contributed by atoms with E-state index < -0.39 is 0 Å². The van der Waals surface area contributed by atoms with Crippen LogP contribution >= 0.6 is 11.6 Å².